The first-order chi connectivity index (χ1) is 16.6. The number of carbonyl (C=O) groups is 1. The lowest BCUT2D eigenvalue weighted by Gasteiger charge is -2.10. The molecule has 170 valence electrons. The molecule has 34 heavy (non-hydrogen) atoms. The number of fused-ring (bicyclic) bond motifs is 1. The van der Waals surface area contributed by atoms with Crippen molar-refractivity contribution in [2.75, 3.05) is 14.2 Å². The molecule has 0 aliphatic carbocycles. The summed E-state index contributed by atoms with van der Waals surface area (Å²) in [5.74, 6) is 1.21. The van der Waals surface area contributed by atoms with Crippen LogP contribution in [0, 0.1) is 6.92 Å². The third-order valence-electron chi connectivity index (χ3n) is 5.76. The maximum atomic E-state index is 13.6. The first-order valence-corrected chi connectivity index (χ1v) is 10.7. The van der Waals surface area contributed by atoms with Gasteiger partial charge < -0.3 is 18.5 Å². The van der Waals surface area contributed by atoms with Gasteiger partial charge in [0.1, 0.15) is 17.2 Å². The summed E-state index contributed by atoms with van der Waals surface area (Å²) in [4.78, 5) is 17.8. The fraction of sp³-hybridized carbons (Fsp3) is 0.154. The van der Waals surface area contributed by atoms with Crippen molar-refractivity contribution in [2.45, 2.75) is 13.5 Å². The first kappa shape index (κ1) is 21.4. The second-order valence-electron chi connectivity index (χ2n) is 7.73. The van der Waals surface area contributed by atoms with E-state index in [2.05, 4.69) is 19.7 Å². The van der Waals surface area contributed by atoms with Gasteiger partial charge in [0, 0.05) is 29.3 Å². The van der Waals surface area contributed by atoms with Crippen LogP contribution in [0.25, 0.3) is 22.5 Å². The molecular weight excluding hydrogens is 432 g/mol. The minimum absolute atomic E-state index is 0.0879. The number of pyridine rings is 1. The van der Waals surface area contributed by atoms with Gasteiger partial charge in [-0.3, -0.25) is 9.78 Å². The standard InChI is InChI=1S/C26H22N4O4/c1-16-23(24(31)26-29-28-25(34-26)21-6-4-5-13-27-21)20-14-19(33-3)11-12-22(20)30(16)15-17-7-9-18(32-2)10-8-17/h4-14H,15H2,1-3H3. The third-order valence-corrected chi connectivity index (χ3v) is 5.76. The molecule has 0 spiro atoms. The molecule has 0 N–H and O–H groups in total. The molecule has 2 aromatic carbocycles. The zero-order valence-electron chi connectivity index (χ0n) is 19.0. The number of benzene rings is 2. The first-order valence-electron chi connectivity index (χ1n) is 10.7. The van der Waals surface area contributed by atoms with E-state index in [1.165, 1.54) is 0 Å². The lowest BCUT2D eigenvalue weighted by molar-refractivity contribution is 0.100. The van der Waals surface area contributed by atoms with E-state index < -0.39 is 0 Å². The number of ether oxygens (including phenoxy) is 2. The summed E-state index contributed by atoms with van der Waals surface area (Å²) in [5, 5.41) is 8.79. The number of aromatic nitrogens is 4. The summed E-state index contributed by atoms with van der Waals surface area (Å²) < 4.78 is 18.5. The molecule has 0 radical (unpaired) electrons. The second-order valence-corrected chi connectivity index (χ2v) is 7.73. The van der Waals surface area contributed by atoms with Gasteiger partial charge in [-0.05, 0) is 55.0 Å². The second kappa shape index (κ2) is 8.82. The monoisotopic (exact) mass is 454 g/mol. The third kappa shape index (κ3) is 3.79. The number of rotatable bonds is 7. The lowest BCUT2D eigenvalue weighted by Crippen LogP contribution is -2.06. The molecule has 0 aliphatic heterocycles. The van der Waals surface area contributed by atoms with E-state index in [0.717, 1.165) is 27.9 Å². The minimum Gasteiger partial charge on any atom is -0.497 e. The zero-order chi connectivity index (χ0) is 23.7. The van der Waals surface area contributed by atoms with Gasteiger partial charge in [0.05, 0.1) is 19.8 Å². The Labute approximate surface area is 195 Å². The molecule has 0 fully saturated rings. The Bertz CT molecular complexity index is 1470. The molecule has 8 heteroatoms. The van der Waals surface area contributed by atoms with Gasteiger partial charge in [0.15, 0.2) is 0 Å². The van der Waals surface area contributed by atoms with E-state index in [0.29, 0.717) is 23.6 Å². The summed E-state index contributed by atoms with van der Waals surface area (Å²) in [7, 11) is 3.24. The van der Waals surface area contributed by atoms with Crippen LogP contribution >= 0.6 is 0 Å². The Balaban J connectivity index is 1.59. The quantitative estimate of drug-likeness (QED) is 0.329. The van der Waals surface area contributed by atoms with Crippen molar-refractivity contribution < 1.29 is 18.7 Å². The summed E-state index contributed by atoms with van der Waals surface area (Å²) >= 11 is 0. The van der Waals surface area contributed by atoms with Crippen LogP contribution in [-0.2, 0) is 6.54 Å². The molecule has 0 saturated carbocycles. The van der Waals surface area contributed by atoms with E-state index in [9.17, 15) is 4.79 Å². The van der Waals surface area contributed by atoms with Crippen molar-refractivity contribution in [1.29, 1.82) is 0 Å². The van der Waals surface area contributed by atoms with Crippen LogP contribution in [-0.4, -0.2) is 39.8 Å². The molecule has 0 unspecified atom stereocenters. The van der Waals surface area contributed by atoms with Gasteiger partial charge >= 0.3 is 0 Å². The largest absolute Gasteiger partial charge is 0.497 e. The Morgan fingerprint density at radius 1 is 0.971 bits per heavy atom. The fourth-order valence-electron chi connectivity index (χ4n) is 4.01. The van der Waals surface area contributed by atoms with Gasteiger partial charge in [0.25, 0.3) is 17.6 Å². The Morgan fingerprint density at radius 2 is 1.74 bits per heavy atom. The predicted molar refractivity (Wildman–Crippen MR) is 126 cm³/mol. The molecule has 3 heterocycles. The normalized spacial score (nSPS) is 11.0. The Morgan fingerprint density at radius 3 is 2.44 bits per heavy atom. The number of ketones is 1. The number of methoxy groups -OCH3 is 2. The van der Waals surface area contributed by atoms with E-state index in [1.807, 2.05) is 55.5 Å². The fourth-order valence-corrected chi connectivity index (χ4v) is 4.01. The SMILES string of the molecule is COc1ccc(Cn2c(C)c(C(=O)c3nnc(-c4ccccn4)o3)c3cc(OC)ccc32)cc1. The summed E-state index contributed by atoms with van der Waals surface area (Å²) in [6.45, 7) is 2.49. The number of nitrogens with zero attached hydrogens (tertiary/aromatic N) is 4. The highest BCUT2D eigenvalue weighted by Gasteiger charge is 2.26. The van der Waals surface area contributed by atoms with Crippen LogP contribution in [0.2, 0.25) is 0 Å². The molecule has 0 atom stereocenters. The number of carbonyl (C=O) groups excluding carboxylic acids is 1. The average molecular weight is 454 g/mol. The van der Waals surface area contributed by atoms with Gasteiger partial charge in [-0.2, -0.15) is 0 Å². The maximum absolute atomic E-state index is 13.6. The highest BCUT2D eigenvalue weighted by molar-refractivity contribution is 6.15. The highest BCUT2D eigenvalue weighted by atomic mass is 16.5. The van der Waals surface area contributed by atoms with E-state index >= 15 is 0 Å². The van der Waals surface area contributed by atoms with Crippen molar-refractivity contribution in [1.82, 2.24) is 19.7 Å². The van der Waals surface area contributed by atoms with Gasteiger partial charge in [0.2, 0.25) is 0 Å². The number of hydrogen-bond donors (Lipinski definition) is 0. The van der Waals surface area contributed by atoms with Crippen molar-refractivity contribution in [3.8, 4) is 23.1 Å². The van der Waals surface area contributed by atoms with Crippen LogP contribution in [0.1, 0.15) is 27.5 Å². The van der Waals surface area contributed by atoms with Crippen molar-refractivity contribution >= 4 is 16.7 Å². The summed E-state index contributed by atoms with van der Waals surface area (Å²) in [6, 6.07) is 18.9. The Kier molecular flexibility index (Phi) is 5.55. The minimum atomic E-state index is -0.348. The molecule has 0 aliphatic rings. The maximum Gasteiger partial charge on any atom is 0.289 e. The van der Waals surface area contributed by atoms with Crippen LogP contribution < -0.4 is 9.47 Å². The van der Waals surface area contributed by atoms with E-state index in [1.54, 1.807) is 32.5 Å². The van der Waals surface area contributed by atoms with Crippen LogP contribution in [0.4, 0.5) is 0 Å². The zero-order valence-corrected chi connectivity index (χ0v) is 19.0. The van der Waals surface area contributed by atoms with Gasteiger partial charge in [-0.25, -0.2) is 0 Å². The molecule has 5 rings (SSSR count). The van der Waals surface area contributed by atoms with E-state index in [4.69, 9.17) is 13.9 Å². The van der Waals surface area contributed by atoms with Gasteiger partial charge in [-0.15, -0.1) is 10.2 Å². The van der Waals surface area contributed by atoms with Crippen molar-refractivity contribution in [2.24, 2.45) is 0 Å². The van der Waals surface area contributed by atoms with Crippen LogP contribution in [0.5, 0.6) is 11.5 Å². The molecule has 0 saturated heterocycles. The van der Waals surface area contributed by atoms with E-state index in [-0.39, 0.29) is 17.6 Å². The van der Waals surface area contributed by atoms with Crippen molar-refractivity contribution in [3.63, 3.8) is 0 Å². The molecule has 5 aromatic rings. The molecule has 3 aromatic heterocycles. The molecular formula is C26H22N4O4. The predicted octanol–water partition coefficient (Wildman–Crippen LogP) is 4.69. The summed E-state index contributed by atoms with van der Waals surface area (Å²) in [6.07, 6.45) is 1.63. The smallest absolute Gasteiger partial charge is 0.289 e. The van der Waals surface area contributed by atoms with Crippen LogP contribution in [0.15, 0.2) is 71.3 Å². The number of hydrogen-bond acceptors (Lipinski definition) is 7. The van der Waals surface area contributed by atoms with Crippen molar-refractivity contribution in [3.05, 3.63) is 89.6 Å². The summed E-state index contributed by atoms with van der Waals surface area (Å²) in [5.41, 5.74) is 3.78. The average Bonchev–Trinajstić information content (AvgIpc) is 3.48. The molecule has 0 amide bonds. The molecule has 8 nitrogen and oxygen atoms in total. The Hall–Kier alpha value is -4.46. The molecule has 0 bridgehead atoms. The highest BCUT2D eigenvalue weighted by Crippen LogP contribution is 2.32. The van der Waals surface area contributed by atoms with Gasteiger partial charge in [-0.1, -0.05) is 18.2 Å². The topological polar surface area (TPSA) is 92.3 Å². The van der Waals surface area contributed by atoms with Crippen LogP contribution in [0.3, 0.4) is 0 Å². The lowest BCUT2D eigenvalue weighted by atomic mass is 10.1.